The Hall–Kier alpha value is -1.88. The van der Waals surface area contributed by atoms with Crippen LogP contribution < -0.4 is 11.1 Å². The molecule has 0 bridgehead atoms. The summed E-state index contributed by atoms with van der Waals surface area (Å²) >= 11 is 1.44. The molecule has 5 heteroatoms. The van der Waals surface area contributed by atoms with Crippen LogP contribution in [0.2, 0.25) is 0 Å². The van der Waals surface area contributed by atoms with Crippen LogP contribution in [0.1, 0.15) is 43.4 Å². The summed E-state index contributed by atoms with van der Waals surface area (Å²) in [6.45, 7) is 0.608. The first kappa shape index (κ1) is 16.0. The molecule has 1 aliphatic carbocycles. The molecule has 1 amide bonds. The highest BCUT2D eigenvalue weighted by atomic mass is 32.1. The highest BCUT2D eigenvalue weighted by Crippen LogP contribution is 2.39. The third-order valence-corrected chi connectivity index (χ3v) is 5.43. The highest BCUT2D eigenvalue weighted by Gasteiger charge is 2.40. The number of hydrogen-bond acceptors (Lipinski definition) is 4. The highest BCUT2D eigenvalue weighted by molar-refractivity contribution is 7.13. The lowest BCUT2D eigenvalue weighted by Gasteiger charge is -2.36. The van der Waals surface area contributed by atoms with Gasteiger partial charge in [-0.2, -0.15) is 0 Å². The van der Waals surface area contributed by atoms with E-state index in [4.69, 9.17) is 5.73 Å². The molecule has 4 nitrogen and oxygen atoms in total. The van der Waals surface area contributed by atoms with Gasteiger partial charge in [-0.3, -0.25) is 4.79 Å². The molecule has 2 aromatic rings. The number of nitrogens with two attached hydrogens (primary N) is 1. The van der Waals surface area contributed by atoms with Gasteiger partial charge in [0.05, 0.1) is 11.1 Å². The molecule has 0 saturated heterocycles. The van der Waals surface area contributed by atoms with Crippen LogP contribution in [0.15, 0.2) is 35.7 Å². The van der Waals surface area contributed by atoms with E-state index in [1.54, 1.807) is 0 Å². The predicted octanol–water partition coefficient (Wildman–Crippen LogP) is 3.29. The number of hydrogen-bond donors (Lipinski definition) is 2. The SMILES string of the molecule is Nc1nc(CCNC(=O)C2(c3ccccc3)CCCCC2)cs1. The van der Waals surface area contributed by atoms with Crippen molar-refractivity contribution in [3.05, 3.63) is 47.0 Å². The number of nitrogens with one attached hydrogen (secondary N) is 1. The van der Waals surface area contributed by atoms with Crippen molar-refractivity contribution >= 4 is 22.4 Å². The average Bonchev–Trinajstić information content (AvgIpc) is 3.01. The van der Waals surface area contributed by atoms with Gasteiger partial charge >= 0.3 is 0 Å². The van der Waals surface area contributed by atoms with Gasteiger partial charge < -0.3 is 11.1 Å². The summed E-state index contributed by atoms with van der Waals surface area (Å²) in [4.78, 5) is 17.2. The Kier molecular flexibility index (Phi) is 4.96. The van der Waals surface area contributed by atoms with E-state index in [9.17, 15) is 4.79 Å². The molecule has 0 spiro atoms. The van der Waals surface area contributed by atoms with E-state index in [2.05, 4.69) is 22.4 Å². The lowest BCUT2D eigenvalue weighted by atomic mass is 9.68. The maximum atomic E-state index is 13.0. The molecular weight excluding hydrogens is 306 g/mol. The van der Waals surface area contributed by atoms with Gasteiger partial charge in [0.15, 0.2) is 5.13 Å². The quantitative estimate of drug-likeness (QED) is 0.884. The van der Waals surface area contributed by atoms with E-state index < -0.39 is 0 Å². The van der Waals surface area contributed by atoms with E-state index in [-0.39, 0.29) is 11.3 Å². The average molecular weight is 329 g/mol. The summed E-state index contributed by atoms with van der Waals surface area (Å²) in [5, 5.41) is 5.67. The molecule has 1 heterocycles. The molecule has 1 aromatic heterocycles. The van der Waals surface area contributed by atoms with Crippen LogP contribution in [0.5, 0.6) is 0 Å². The summed E-state index contributed by atoms with van der Waals surface area (Å²) in [7, 11) is 0. The number of amides is 1. The van der Waals surface area contributed by atoms with Crippen molar-refractivity contribution in [2.24, 2.45) is 0 Å². The van der Waals surface area contributed by atoms with E-state index >= 15 is 0 Å². The number of carbonyl (C=O) groups excluding carboxylic acids is 1. The van der Waals surface area contributed by atoms with E-state index in [0.717, 1.165) is 43.4 Å². The molecule has 1 aromatic carbocycles. The first-order valence-electron chi connectivity index (χ1n) is 8.24. The first-order valence-corrected chi connectivity index (χ1v) is 9.12. The predicted molar refractivity (Wildman–Crippen MR) is 94.4 cm³/mol. The maximum Gasteiger partial charge on any atom is 0.230 e. The number of benzene rings is 1. The van der Waals surface area contributed by atoms with Gasteiger partial charge in [-0.1, -0.05) is 49.6 Å². The molecule has 0 radical (unpaired) electrons. The number of anilines is 1. The summed E-state index contributed by atoms with van der Waals surface area (Å²) < 4.78 is 0. The van der Waals surface area contributed by atoms with E-state index in [0.29, 0.717) is 11.7 Å². The fourth-order valence-corrected chi connectivity index (χ4v) is 4.07. The third kappa shape index (κ3) is 3.55. The minimum atomic E-state index is -0.361. The van der Waals surface area contributed by atoms with Gasteiger partial charge in [0, 0.05) is 18.3 Å². The molecule has 0 unspecified atom stereocenters. The zero-order valence-corrected chi connectivity index (χ0v) is 14.1. The smallest absolute Gasteiger partial charge is 0.230 e. The first-order chi connectivity index (χ1) is 11.2. The van der Waals surface area contributed by atoms with E-state index in [1.165, 1.54) is 17.8 Å². The lowest BCUT2D eigenvalue weighted by Crippen LogP contribution is -2.46. The number of thiazole rings is 1. The molecular formula is C18H23N3OS. The van der Waals surface area contributed by atoms with Crippen molar-refractivity contribution in [2.45, 2.75) is 43.9 Å². The second kappa shape index (κ2) is 7.13. The molecule has 1 aliphatic rings. The monoisotopic (exact) mass is 329 g/mol. The van der Waals surface area contributed by atoms with Gasteiger partial charge in [-0.05, 0) is 18.4 Å². The Morgan fingerprint density at radius 3 is 2.61 bits per heavy atom. The number of carbonyl (C=O) groups is 1. The van der Waals surface area contributed by atoms with Gasteiger partial charge in [0.2, 0.25) is 5.91 Å². The Labute approximate surface area is 141 Å². The normalized spacial score (nSPS) is 16.9. The van der Waals surface area contributed by atoms with Crippen LogP contribution >= 0.6 is 11.3 Å². The Morgan fingerprint density at radius 1 is 1.22 bits per heavy atom. The van der Waals surface area contributed by atoms with Crippen LogP contribution in [0.3, 0.4) is 0 Å². The van der Waals surface area contributed by atoms with Crippen molar-refractivity contribution in [3.8, 4) is 0 Å². The Bertz CT molecular complexity index is 647. The van der Waals surface area contributed by atoms with E-state index in [1.807, 2.05) is 23.6 Å². The van der Waals surface area contributed by atoms with Gasteiger partial charge in [0.1, 0.15) is 0 Å². The summed E-state index contributed by atoms with van der Waals surface area (Å²) in [6.07, 6.45) is 6.05. The van der Waals surface area contributed by atoms with Crippen molar-refractivity contribution in [1.82, 2.24) is 10.3 Å². The number of nitrogens with zero attached hydrogens (tertiary/aromatic N) is 1. The largest absolute Gasteiger partial charge is 0.375 e. The van der Waals surface area contributed by atoms with Crippen LogP contribution in [-0.2, 0) is 16.6 Å². The number of aromatic nitrogens is 1. The molecule has 23 heavy (non-hydrogen) atoms. The van der Waals surface area contributed by atoms with Crippen molar-refractivity contribution in [2.75, 3.05) is 12.3 Å². The number of rotatable bonds is 5. The molecule has 122 valence electrons. The second-order valence-corrected chi connectivity index (χ2v) is 7.08. The minimum absolute atomic E-state index is 0.159. The van der Waals surface area contributed by atoms with Crippen LogP contribution in [0, 0.1) is 0 Å². The van der Waals surface area contributed by atoms with Gasteiger partial charge in [-0.25, -0.2) is 4.98 Å². The van der Waals surface area contributed by atoms with Gasteiger partial charge in [-0.15, -0.1) is 11.3 Å². The third-order valence-electron chi connectivity index (χ3n) is 4.70. The lowest BCUT2D eigenvalue weighted by molar-refractivity contribution is -0.128. The Morgan fingerprint density at radius 2 is 1.96 bits per heavy atom. The van der Waals surface area contributed by atoms with Crippen molar-refractivity contribution in [1.29, 1.82) is 0 Å². The molecule has 0 atom stereocenters. The zero-order valence-electron chi connectivity index (χ0n) is 13.3. The second-order valence-electron chi connectivity index (χ2n) is 6.19. The minimum Gasteiger partial charge on any atom is -0.375 e. The summed E-state index contributed by atoms with van der Waals surface area (Å²) in [5.41, 5.74) is 7.38. The molecule has 1 fully saturated rings. The standard InChI is InChI=1S/C18H23N3OS/c19-17-21-15(13-23-17)9-12-20-16(22)18(10-5-2-6-11-18)14-7-3-1-4-8-14/h1,3-4,7-8,13H,2,5-6,9-12H2,(H2,19,21)(H,20,22). The fourth-order valence-electron chi connectivity index (χ4n) is 3.47. The summed E-state index contributed by atoms with van der Waals surface area (Å²) in [6, 6.07) is 10.2. The fraction of sp³-hybridized carbons (Fsp3) is 0.444. The van der Waals surface area contributed by atoms with Crippen LogP contribution in [-0.4, -0.2) is 17.4 Å². The topological polar surface area (TPSA) is 68.0 Å². The molecule has 3 N–H and O–H groups in total. The molecule has 3 rings (SSSR count). The summed E-state index contributed by atoms with van der Waals surface area (Å²) in [5.74, 6) is 0.159. The Balaban J connectivity index is 1.68. The molecule has 0 aliphatic heterocycles. The maximum absolute atomic E-state index is 13.0. The van der Waals surface area contributed by atoms with Crippen molar-refractivity contribution < 1.29 is 4.79 Å². The van der Waals surface area contributed by atoms with Crippen LogP contribution in [0.4, 0.5) is 5.13 Å². The zero-order chi connectivity index (χ0) is 16.1. The van der Waals surface area contributed by atoms with Crippen molar-refractivity contribution in [3.63, 3.8) is 0 Å². The van der Waals surface area contributed by atoms with Gasteiger partial charge in [0.25, 0.3) is 0 Å². The number of nitrogen functional groups attached to an aromatic ring is 1. The van der Waals surface area contributed by atoms with Crippen LogP contribution in [0.25, 0.3) is 0 Å². The molecule has 1 saturated carbocycles.